The molecule has 48 valence electrons. The van der Waals surface area contributed by atoms with E-state index in [0.717, 1.165) is 19.5 Å². The molecular weight excluding hydrogens is 104 g/mol. The van der Waals surface area contributed by atoms with Crippen LogP contribution in [0.15, 0.2) is 0 Å². The van der Waals surface area contributed by atoms with E-state index in [1.165, 1.54) is 0 Å². The zero-order chi connectivity index (χ0) is 6.41. The molecule has 1 aliphatic heterocycles. The summed E-state index contributed by atoms with van der Waals surface area (Å²) in [4.78, 5) is 9.50. The lowest BCUT2D eigenvalue weighted by Gasteiger charge is -1.78. The molecule has 0 spiro atoms. The summed E-state index contributed by atoms with van der Waals surface area (Å²) in [6, 6.07) is 0. The van der Waals surface area contributed by atoms with Gasteiger partial charge in [-0.05, 0) is 0 Å². The molecular formula is C6H12O2. The van der Waals surface area contributed by atoms with Crippen LogP contribution in [-0.4, -0.2) is 19.5 Å². The third-order valence-electron chi connectivity index (χ3n) is 0.476. The number of carbonyl (C=O) groups excluding carboxylic acids is 1. The summed E-state index contributed by atoms with van der Waals surface area (Å²) in [5.41, 5.74) is 0. The largest absolute Gasteiger partial charge is 0.377 e. The van der Waals surface area contributed by atoms with Gasteiger partial charge >= 0.3 is 0 Å². The summed E-state index contributed by atoms with van der Waals surface area (Å²) in [6.45, 7) is 5.71. The van der Waals surface area contributed by atoms with Crippen LogP contribution in [0.2, 0.25) is 0 Å². The number of epoxide rings is 1. The maximum atomic E-state index is 9.50. The van der Waals surface area contributed by atoms with Crippen LogP contribution in [0.25, 0.3) is 0 Å². The minimum absolute atomic E-state index is 0.204. The Morgan fingerprint density at radius 2 is 1.75 bits per heavy atom. The lowest BCUT2D eigenvalue weighted by Crippen LogP contribution is -1.82. The fourth-order valence-corrected chi connectivity index (χ4v) is 0. The van der Waals surface area contributed by atoms with Crippen molar-refractivity contribution in [1.82, 2.24) is 0 Å². The van der Waals surface area contributed by atoms with Crippen molar-refractivity contribution in [2.24, 2.45) is 5.92 Å². The van der Waals surface area contributed by atoms with Crippen LogP contribution in [0.1, 0.15) is 13.8 Å². The van der Waals surface area contributed by atoms with Crippen LogP contribution in [0, 0.1) is 5.92 Å². The maximum absolute atomic E-state index is 9.50. The summed E-state index contributed by atoms with van der Waals surface area (Å²) < 4.78 is 4.50. The fourth-order valence-electron chi connectivity index (χ4n) is 0. The first kappa shape index (κ1) is 7.63. The van der Waals surface area contributed by atoms with Gasteiger partial charge in [-0.2, -0.15) is 0 Å². The highest BCUT2D eigenvalue weighted by Gasteiger charge is 1.94. The van der Waals surface area contributed by atoms with Crippen molar-refractivity contribution in [3.05, 3.63) is 0 Å². The van der Waals surface area contributed by atoms with Gasteiger partial charge in [0.1, 0.15) is 6.29 Å². The van der Waals surface area contributed by atoms with Crippen molar-refractivity contribution in [3.8, 4) is 0 Å². The molecule has 0 N–H and O–H groups in total. The van der Waals surface area contributed by atoms with E-state index in [1.807, 2.05) is 13.8 Å². The van der Waals surface area contributed by atoms with Gasteiger partial charge in [0.25, 0.3) is 0 Å². The highest BCUT2D eigenvalue weighted by Crippen LogP contribution is 1.84. The Morgan fingerprint density at radius 1 is 1.50 bits per heavy atom. The summed E-state index contributed by atoms with van der Waals surface area (Å²) in [5, 5.41) is 0. The first-order valence-corrected chi connectivity index (χ1v) is 2.80. The first-order valence-electron chi connectivity index (χ1n) is 2.80. The summed E-state index contributed by atoms with van der Waals surface area (Å²) in [6.07, 6.45) is 0.917. The monoisotopic (exact) mass is 116 g/mol. The Kier molecular flexibility index (Phi) is 4.56. The number of hydrogen-bond donors (Lipinski definition) is 0. The molecule has 1 saturated heterocycles. The van der Waals surface area contributed by atoms with Gasteiger partial charge in [-0.3, -0.25) is 0 Å². The zero-order valence-corrected chi connectivity index (χ0v) is 5.39. The van der Waals surface area contributed by atoms with Crippen LogP contribution >= 0.6 is 0 Å². The number of carbonyl (C=O) groups is 1. The van der Waals surface area contributed by atoms with Crippen LogP contribution in [0.5, 0.6) is 0 Å². The number of rotatable bonds is 1. The fraction of sp³-hybridized carbons (Fsp3) is 0.833. The number of ether oxygens (including phenoxy) is 1. The predicted octanol–water partition coefficient (Wildman–Crippen LogP) is 0.858. The first-order chi connectivity index (χ1) is 3.77. The molecule has 0 aromatic heterocycles. The predicted molar refractivity (Wildman–Crippen MR) is 31.7 cm³/mol. The van der Waals surface area contributed by atoms with Crippen LogP contribution in [0.4, 0.5) is 0 Å². The third kappa shape index (κ3) is 17.4. The topological polar surface area (TPSA) is 29.6 Å². The second kappa shape index (κ2) is 4.78. The van der Waals surface area contributed by atoms with Crippen molar-refractivity contribution >= 4 is 6.29 Å². The van der Waals surface area contributed by atoms with Crippen molar-refractivity contribution in [1.29, 1.82) is 0 Å². The third-order valence-corrected chi connectivity index (χ3v) is 0.476. The quantitative estimate of drug-likeness (QED) is 0.375. The van der Waals surface area contributed by atoms with Gasteiger partial charge in [-0.25, -0.2) is 0 Å². The molecule has 1 fully saturated rings. The van der Waals surface area contributed by atoms with E-state index >= 15 is 0 Å². The van der Waals surface area contributed by atoms with Gasteiger partial charge in [0.05, 0.1) is 13.2 Å². The van der Waals surface area contributed by atoms with Crippen LogP contribution in [-0.2, 0) is 9.53 Å². The lowest BCUT2D eigenvalue weighted by atomic mass is 10.3. The van der Waals surface area contributed by atoms with Gasteiger partial charge in [-0.1, -0.05) is 13.8 Å². The second-order valence-electron chi connectivity index (χ2n) is 1.99. The van der Waals surface area contributed by atoms with Gasteiger partial charge in [0, 0.05) is 5.92 Å². The van der Waals surface area contributed by atoms with E-state index in [-0.39, 0.29) is 5.92 Å². The number of aldehydes is 1. The van der Waals surface area contributed by atoms with Gasteiger partial charge < -0.3 is 9.53 Å². The van der Waals surface area contributed by atoms with E-state index in [0.29, 0.717) is 0 Å². The summed E-state index contributed by atoms with van der Waals surface area (Å²) >= 11 is 0. The van der Waals surface area contributed by atoms with Crippen molar-refractivity contribution in [3.63, 3.8) is 0 Å². The van der Waals surface area contributed by atoms with Gasteiger partial charge in [0.2, 0.25) is 0 Å². The van der Waals surface area contributed by atoms with E-state index in [1.54, 1.807) is 0 Å². The van der Waals surface area contributed by atoms with E-state index in [9.17, 15) is 4.79 Å². The van der Waals surface area contributed by atoms with Gasteiger partial charge in [0.15, 0.2) is 0 Å². The van der Waals surface area contributed by atoms with Crippen molar-refractivity contribution in [2.75, 3.05) is 13.2 Å². The summed E-state index contributed by atoms with van der Waals surface area (Å²) in [7, 11) is 0. The van der Waals surface area contributed by atoms with E-state index < -0.39 is 0 Å². The summed E-state index contributed by atoms with van der Waals surface area (Å²) in [5.74, 6) is 0.204. The molecule has 0 bridgehead atoms. The Balaban J connectivity index is 0.000000135. The molecule has 0 radical (unpaired) electrons. The number of hydrogen-bond acceptors (Lipinski definition) is 2. The average molecular weight is 116 g/mol. The van der Waals surface area contributed by atoms with Gasteiger partial charge in [-0.15, -0.1) is 0 Å². The van der Waals surface area contributed by atoms with Crippen molar-refractivity contribution in [2.45, 2.75) is 13.8 Å². The molecule has 0 unspecified atom stereocenters. The highest BCUT2D eigenvalue weighted by atomic mass is 16.6. The molecule has 1 rings (SSSR count). The van der Waals surface area contributed by atoms with Crippen LogP contribution < -0.4 is 0 Å². The second-order valence-corrected chi connectivity index (χ2v) is 1.99. The van der Waals surface area contributed by atoms with E-state index in [2.05, 4.69) is 4.74 Å². The molecule has 2 nitrogen and oxygen atoms in total. The minimum Gasteiger partial charge on any atom is -0.377 e. The SMILES string of the molecule is C1CO1.CC(C)C=O. The smallest absolute Gasteiger partial charge is 0.122 e. The average Bonchev–Trinajstić information content (AvgIpc) is 2.48. The molecule has 0 atom stereocenters. The van der Waals surface area contributed by atoms with E-state index in [4.69, 9.17) is 0 Å². The highest BCUT2D eigenvalue weighted by molar-refractivity contribution is 5.51. The molecule has 0 saturated carbocycles. The lowest BCUT2D eigenvalue weighted by molar-refractivity contribution is -0.110. The molecule has 8 heavy (non-hydrogen) atoms. The normalized spacial score (nSPS) is 14.4. The Bertz CT molecular complexity index is 54.8. The van der Waals surface area contributed by atoms with Crippen molar-refractivity contribution < 1.29 is 9.53 Å². The minimum atomic E-state index is 0.204. The molecule has 0 aromatic rings. The molecule has 0 aliphatic carbocycles. The Labute approximate surface area is 49.8 Å². The molecule has 0 amide bonds. The standard InChI is InChI=1S/C4H8O.C2H4O/c1-4(2)3-5;1-2-3-1/h3-4H,1-2H3;1-2H2. The Morgan fingerprint density at radius 3 is 1.75 bits per heavy atom. The maximum Gasteiger partial charge on any atom is 0.122 e. The molecule has 1 aliphatic rings. The zero-order valence-electron chi connectivity index (χ0n) is 5.39. The molecule has 2 heteroatoms. The van der Waals surface area contributed by atoms with Crippen LogP contribution in [0.3, 0.4) is 0 Å². The molecule has 0 aromatic carbocycles. The molecule has 1 heterocycles. The Hall–Kier alpha value is -0.370.